The molecule has 1 heterocycles. The minimum Gasteiger partial charge on any atom is -0.453 e. The summed E-state index contributed by atoms with van der Waals surface area (Å²) in [6.45, 7) is 0. The van der Waals surface area contributed by atoms with Gasteiger partial charge in [-0.2, -0.15) is 9.65 Å². The highest BCUT2D eigenvalue weighted by molar-refractivity contribution is 5.33. The van der Waals surface area contributed by atoms with E-state index in [0.29, 0.717) is 0 Å². The summed E-state index contributed by atoms with van der Waals surface area (Å²) in [7, 11) is 0. The average molecular weight is 232 g/mol. The van der Waals surface area contributed by atoms with Crippen LogP contribution >= 0.6 is 0 Å². The van der Waals surface area contributed by atoms with Gasteiger partial charge in [-0.15, -0.1) is 0 Å². The molecule has 0 bridgehead atoms. The van der Waals surface area contributed by atoms with Crippen LogP contribution in [0.1, 0.15) is 5.69 Å². The van der Waals surface area contributed by atoms with Crippen LogP contribution in [0, 0.1) is 23.0 Å². The molecule has 0 aliphatic carbocycles. The number of hydrogen-bond donors (Lipinski definition) is 0. The van der Waals surface area contributed by atoms with Crippen LogP contribution in [-0.2, 0) is 0 Å². The van der Waals surface area contributed by atoms with Gasteiger partial charge in [-0.1, -0.05) is 6.07 Å². The molecule has 0 atom stereocenters. The smallest absolute Gasteiger partial charge is 0.201 e. The Morgan fingerprint density at radius 3 is 2.65 bits per heavy atom. The molecule has 2 rings (SSSR count). The Balaban J connectivity index is 2.26. The summed E-state index contributed by atoms with van der Waals surface area (Å²) < 4.78 is 31.2. The number of hydrogen-bond acceptors (Lipinski definition) is 3. The molecule has 84 valence electrons. The SMILES string of the molecule is N#Cc1ccc(Oc2cccc(F)c2F)cn1. The van der Waals surface area contributed by atoms with Crippen molar-refractivity contribution in [3.63, 3.8) is 0 Å². The third-order valence-corrected chi connectivity index (χ3v) is 1.99. The van der Waals surface area contributed by atoms with Crippen molar-refractivity contribution in [1.82, 2.24) is 4.98 Å². The lowest BCUT2D eigenvalue weighted by Gasteiger charge is -2.06. The van der Waals surface area contributed by atoms with Crippen LogP contribution in [0.25, 0.3) is 0 Å². The molecule has 3 nitrogen and oxygen atoms in total. The number of rotatable bonds is 2. The highest BCUT2D eigenvalue weighted by atomic mass is 19.2. The van der Waals surface area contributed by atoms with Crippen LogP contribution in [-0.4, -0.2) is 4.98 Å². The highest BCUT2D eigenvalue weighted by Crippen LogP contribution is 2.25. The summed E-state index contributed by atoms with van der Waals surface area (Å²) in [5.41, 5.74) is 0.220. The molecule has 1 aromatic carbocycles. The maximum atomic E-state index is 13.3. The first-order chi connectivity index (χ1) is 8.20. The lowest BCUT2D eigenvalue weighted by Crippen LogP contribution is -1.92. The second-order valence-electron chi connectivity index (χ2n) is 3.14. The molecule has 0 radical (unpaired) electrons. The molecule has 0 aliphatic rings. The molecule has 17 heavy (non-hydrogen) atoms. The standard InChI is InChI=1S/C12H6F2N2O/c13-10-2-1-3-11(12(10)14)17-9-5-4-8(6-15)16-7-9/h1-5,7H. The van der Waals surface area contributed by atoms with E-state index in [2.05, 4.69) is 4.98 Å². The molecule has 0 unspecified atom stereocenters. The Hall–Kier alpha value is -2.48. The van der Waals surface area contributed by atoms with Gasteiger partial charge in [0.2, 0.25) is 5.82 Å². The number of nitrogens with zero attached hydrogens (tertiary/aromatic N) is 2. The van der Waals surface area contributed by atoms with Crippen molar-refractivity contribution < 1.29 is 13.5 Å². The van der Waals surface area contributed by atoms with E-state index in [0.717, 1.165) is 6.07 Å². The van der Waals surface area contributed by atoms with Crippen molar-refractivity contribution >= 4 is 0 Å². The topological polar surface area (TPSA) is 45.9 Å². The monoisotopic (exact) mass is 232 g/mol. The van der Waals surface area contributed by atoms with E-state index in [-0.39, 0.29) is 17.2 Å². The van der Waals surface area contributed by atoms with E-state index >= 15 is 0 Å². The zero-order chi connectivity index (χ0) is 12.3. The number of ether oxygens (including phenoxy) is 1. The van der Waals surface area contributed by atoms with Gasteiger partial charge in [0.1, 0.15) is 17.5 Å². The van der Waals surface area contributed by atoms with E-state index in [1.54, 1.807) is 0 Å². The predicted molar refractivity (Wildman–Crippen MR) is 55.4 cm³/mol. The van der Waals surface area contributed by atoms with Gasteiger partial charge in [-0.25, -0.2) is 9.37 Å². The van der Waals surface area contributed by atoms with Crippen LogP contribution in [0.4, 0.5) is 8.78 Å². The first kappa shape index (κ1) is 11.0. The third kappa shape index (κ3) is 2.37. The molecule has 0 saturated carbocycles. The third-order valence-electron chi connectivity index (χ3n) is 1.99. The second-order valence-corrected chi connectivity index (χ2v) is 3.14. The summed E-state index contributed by atoms with van der Waals surface area (Å²) >= 11 is 0. The zero-order valence-corrected chi connectivity index (χ0v) is 8.52. The average Bonchev–Trinajstić information content (AvgIpc) is 2.36. The van der Waals surface area contributed by atoms with E-state index in [1.165, 1.54) is 30.5 Å². The summed E-state index contributed by atoms with van der Waals surface area (Å²) in [6, 6.07) is 8.35. The number of pyridine rings is 1. The van der Waals surface area contributed by atoms with Gasteiger partial charge in [0.05, 0.1) is 6.20 Å². The Kier molecular flexibility index (Phi) is 2.97. The van der Waals surface area contributed by atoms with E-state index < -0.39 is 11.6 Å². The molecular weight excluding hydrogens is 226 g/mol. The zero-order valence-electron chi connectivity index (χ0n) is 8.52. The number of aromatic nitrogens is 1. The van der Waals surface area contributed by atoms with E-state index in [9.17, 15) is 8.78 Å². The number of nitriles is 1. The van der Waals surface area contributed by atoms with Gasteiger partial charge >= 0.3 is 0 Å². The summed E-state index contributed by atoms with van der Waals surface area (Å²) in [6.07, 6.45) is 1.27. The second kappa shape index (κ2) is 4.58. The van der Waals surface area contributed by atoms with Crippen LogP contribution in [0.5, 0.6) is 11.5 Å². The fourth-order valence-corrected chi connectivity index (χ4v) is 1.20. The largest absolute Gasteiger partial charge is 0.453 e. The summed E-state index contributed by atoms with van der Waals surface area (Å²) in [4.78, 5) is 3.74. The molecular formula is C12H6F2N2O. The van der Waals surface area contributed by atoms with Gasteiger partial charge in [-0.3, -0.25) is 0 Å². The van der Waals surface area contributed by atoms with Gasteiger partial charge in [0.25, 0.3) is 0 Å². The minimum atomic E-state index is -1.06. The van der Waals surface area contributed by atoms with Crippen LogP contribution in [0.15, 0.2) is 36.5 Å². The minimum absolute atomic E-state index is 0.220. The van der Waals surface area contributed by atoms with Crippen molar-refractivity contribution in [2.24, 2.45) is 0 Å². The fraction of sp³-hybridized carbons (Fsp3) is 0. The van der Waals surface area contributed by atoms with Gasteiger partial charge in [-0.05, 0) is 24.3 Å². The Labute approximate surface area is 95.9 Å². The first-order valence-corrected chi connectivity index (χ1v) is 4.69. The van der Waals surface area contributed by atoms with Crippen molar-refractivity contribution in [3.05, 3.63) is 53.9 Å². The van der Waals surface area contributed by atoms with E-state index in [1.807, 2.05) is 6.07 Å². The van der Waals surface area contributed by atoms with Crippen molar-refractivity contribution in [2.45, 2.75) is 0 Å². The van der Waals surface area contributed by atoms with Gasteiger partial charge < -0.3 is 4.74 Å². The Bertz CT molecular complexity index is 576. The van der Waals surface area contributed by atoms with Crippen LogP contribution in [0.2, 0.25) is 0 Å². The van der Waals surface area contributed by atoms with Crippen molar-refractivity contribution in [2.75, 3.05) is 0 Å². The summed E-state index contributed by atoms with van der Waals surface area (Å²) in [5.74, 6) is -2.04. The molecule has 2 aromatic rings. The molecule has 0 aliphatic heterocycles. The van der Waals surface area contributed by atoms with Crippen LogP contribution in [0.3, 0.4) is 0 Å². The van der Waals surface area contributed by atoms with Crippen molar-refractivity contribution in [1.29, 1.82) is 5.26 Å². The molecule has 0 saturated heterocycles. The molecule has 0 spiro atoms. The lowest BCUT2D eigenvalue weighted by atomic mass is 10.3. The molecule has 0 N–H and O–H groups in total. The molecule has 0 fully saturated rings. The molecule has 0 amide bonds. The number of halogens is 2. The molecule has 1 aromatic heterocycles. The van der Waals surface area contributed by atoms with E-state index in [4.69, 9.17) is 10.00 Å². The highest BCUT2D eigenvalue weighted by Gasteiger charge is 2.09. The normalized spacial score (nSPS) is 9.71. The maximum absolute atomic E-state index is 13.3. The lowest BCUT2D eigenvalue weighted by molar-refractivity contribution is 0.415. The number of benzene rings is 1. The predicted octanol–water partition coefficient (Wildman–Crippen LogP) is 3.02. The summed E-state index contributed by atoms with van der Waals surface area (Å²) in [5, 5.41) is 8.54. The van der Waals surface area contributed by atoms with Gasteiger partial charge in [0.15, 0.2) is 11.6 Å². The van der Waals surface area contributed by atoms with Gasteiger partial charge in [0, 0.05) is 0 Å². The Morgan fingerprint density at radius 1 is 1.18 bits per heavy atom. The Morgan fingerprint density at radius 2 is 2.00 bits per heavy atom. The van der Waals surface area contributed by atoms with Crippen LogP contribution < -0.4 is 4.74 Å². The first-order valence-electron chi connectivity index (χ1n) is 4.69. The maximum Gasteiger partial charge on any atom is 0.201 e. The molecule has 5 heteroatoms. The van der Waals surface area contributed by atoms with Crippen molar-refractivity contribution in [3.8, 4) is 17.6 Å². The fourth-order valence-electron chi connectivity index (χ4n) is 1.20. The quantitative estimate of drug-likeness (QED) is 0.799.